The molecule has 2 aliphatic rings. The minimum absolute atomic E-state index is 0. The molecule has 0 aromatic rings. The third-order valence-corrected chi connectivity index (χ3v) is 5.27. The summed E-state index contributed by atoms with van der Waals surface area (Å²) in [6.45, 7) is 3.20. The van der Waals surface area contributed by atoms with Crippen LogP contribution < -0.4 is 11.1 Å². The summed E-state index contributed by atoms with van der Waals surface area (Å²) in [6.07, 6.45) is 10.7. The summed E-state index contributed by atoms with van der Waals surface area (Å²) < 4.78 is 0. The number of nitrogens with two attached hydrogens (primary N) is 1. The van der Waals surface area contributed by atoms with E-state index in [2.05, 4.69) is 12.2 Å². The molecular formula is C16H31ClN2O. The molecule has 4 heteroatoms. The first-order valence-electron chi connectivity index (χ1n) is 8.19. The van der Waals surface area contributed by atoms with Crippen molar-refractivity contribution >= 4 is 18.3 Å². The first-order valence-corrected chi connectivity index (χ1v) is 8.19. The van der Waals surface area contributed by atoms with Crippen molar-refractivity contribution < 1.29 is 4.79 Å². The van der Waals surface area contributed by atoms with Crippen LogP contribution in [-0.4, -0.2) is 18.5 Å². The maximum Gasteiger partial charge on any atom is 0.220 e. The highest BCUT2D eigenvalue weighted by Crippen LogP contribution is 2.29. The Morgan fingerprint density at radius 2 is 1.65 bits per heavy atom. The van der Waals surface area contributed by atoms with E-state index in [0.29, 0.717) is 18.3 Å². The van der Waals surface area contributed by atoms with Crippen molar-refractivity contribution in [1.82, 2.24) is 5.32 Å². The fourth-order valence-electron chi connectivity index (χ4n) is 3.74. The van der Waals surface area contributed by atoms with Gasteiger partial charge in [-0.3, -0.25) is 4.79 Å². The van der Waals surface area contributed by atoms with E-state index >= 15 is 0 Å². The average molecular weight is 303 g/mol. The topological polar surface area (TPSA) is 55.1 Å². The molecule has 118 valence electrons. The van der Waals surface area contributed by atoms with Gasteiger partial charge in [-0.1, -0.05) is 39.0 Å². The Hall–Kier alpha value is -0.280. The van der Waals surface area contributed by atoms with Gasteiger partial charge in [-0.05, 0) is 37.0 Å². The molecule has 4 unspecified atom stereocenters. The fourth-order valence-corrected chi connectivity index (χ4v) is 3.74. The van der Waals surface area contributed by atoms with Crippen molar-refractivity contribution in [1.29, 1.82) is 0 Å². The van der Waals surface area contributed by atoms with E-state index < -0.39 is 0 Å². The Labute approximate surface area is 129 Å². The summed E-state index contributed by atoms with van der Waals surface area (Å²) in [6, 6.07) is 0.244. The number of amides is 1. The van der Waals surface area contributed by atoms with Gasteiger partial charge in [0.1, 0.15) is 0 Å². The summed E-state index contributed by atoms with van der Waals surface area (Å²) in [7, 11) is 0. The molecule has 0 radical (unpaired) electrons. The van der Waals surface area contributed by atoms with Gasteiger partial charge in [-0.15, -0.1) is 12.4 Å². The molecule has 2 aliphatic carbocycles. The van der Waals surface area contributed by atoms with Crippen LogP contribution in [0, 0.1) is 17.8 Å². The van der Waals surface area contributed by atoms with E-state index in [-0.39, 0.29) is 24.4 Å². The van der Waals surface area contributed by atoms with Crippen LogP contribution >= 0.6 is 12.4 Å². The predicted octanol–water partition coefficient (Wildman–Crippen LogP) is 3.26. The minimum atomic E-state index is 0. The van der Waals surface area contributed by atoms with Crippen molar-refractivity contribution in [2.24, 2.45) is 23.5 Å². The van der Waals surface area contributed by atoms with Crippen molar-refractivity contribution in [3.63, 3.8) is 0 Å². The van der Waals surface area contributed by atoms with Gasteiger partial charge >= 0.3 is 0 Å². The van der Waals surface area contributed by atoms with Gasteiger partial charge in [0.25, 0.3) is 0 Å². The van der Waals surface area contributed by atoms with Crippen LogP contribution in [0.25, 0.3) is 0 Å². The Bertz CT molecular complexity index is 298. The maximum absolute atomic E-state index is 12.0. The molecule has 2 rings (SSSR count). The lowest BCUT2D eigenvalue weighted by Crippen LogP contribution is -2.39. The van der Waals surface area contributed by atoms with Crippen molar-refractivity contribution in [3.8, 4) is 0 Å². The summed E-state index contributed by atoms with van der Waals surface area (Å²) in [5.74, 6) is 2.10. The van der Waals surface area contributed by atoms with Gasteiger partial charge in [-0.25, -0.2) is 0 Å². The fraction of sp³-hybridized carbons (Fsp3) is 0.938. The molecule has 3 nitrogen and oxygen atoms in total. The monoisotopic (exact) mass is 302 g/mol. The second-order valence-electron chi connectivity index (χ2n) is 6.74. The first-order chi connectivity index (χ1) is 9.16. The molecule has 0 spiro atoms. The molecule has 0 aromatic carbocycles. The van der Waals surface area contributed by atoms with Crippen molar-refractivity contribution in [3.05, 3.63) is 0 Å². The zero-order valence-corrected chi connectivity index (χ0v) is 13.6. The summed E-state index contributed by atoms with van der Waals surface area (Å²) in [5, 5.41) is 3.16. The zero-order valence-electron chi connectivity index (χ0n) is 12.8. The molecule has 1 amide bonds. The lowest BCUT2D eigenvalue weighted by Gasteiger charge is -2.30. The van der Waals surface area contributed by atoms with E-state index in [4.69, 9.17) is 5.73 Å². The van der Waals surface area contributed by atoms with E-state index in [9.17, 15) is 4.79 Å². The molecule has 0 bridgehead atoms. The zero-order chi connectivity index (χ0) is 13.7. The van der Waals surface area contributed by atoms with E-state index in [1.165, 1.54) is 38.5 Å². The van der Waals surface area contributed by atoms with Gasteiger partial charge in [0.2, 0.25) is 5.91 Å². The highest BCUT2D eigenvalue weighted by atomic mass is 35.5. The second-order valence-corrected chi connectivity index (χ2v) is 6.74. The van der Waals surface area contributed by atoms with Crippen LogP contribution in [0.15, 0.2) is 0 Å². The van der Waals surface area contributed by atoms with Crippen LogP contribution in [0.4, 0.5) is 0 Å². The van der Waals surface area contributed by atoms with E-state index in [0.717, 1.165) is 25.3 Å². The highest BCUT2D eigenvalue weighted by molar-refractivity contribution is 5.85. The molecule has 2 saturated carbocycles. The predicted molar refractivity (Wildman–Crippen MR) is 85.9 cm³/mol. The number of halogens is 1. The van der Waals surface area contributed by atoms with Gasteiger partial charge < -0.3 is 11.1 Å². The maximum atomic E-state index is 12.0. The number of carbonyl (C=O) groups is 1. The third-order valence-electron chi connectivity index (χ3n) is 5.27. The SMILES string of the molecule is CC1CCCCC1CNC(=O)CC1CCCCC1N.Cl. The van der Waals surface area contributed by atoms with Crippen molar-refractivity contribution in [2.75, 3.05) is 6.54 Å². The van der Waals surface area contributed by atoms with Crippen LogP contribution in [0.1, 0.15) is 64.7 Å². The van der Waals surface area contributed by atoms with Gasteiger partial charge in [-0.2, -0.15) is 0 Å². The second kappa shape index (κ2) is 8.89. The number of hydrogen-bond acceptors (Lipinski definition) is 2. The largest absolute Gasteiger partial charge is 0.356 e. The summed E-state index contributed by atoms with van der Waals surface area (Å²) in [4.78, 5) is 12.0. The van der Waals surface area contributed by atoms with Crippen LogP contribution in [0.3, 0.4) is 0 Å². The Morgan fingerprint density at radius 3 is 2.30 bits per heavy atom. The molecule has 2 fully saturated rings. The first kappa shape index (κ1) is 17.8. The van der Waals surface area contributed by atoms with Gasteiger partial charge in [0.15, 0.2) is 0 Å². The highest BCUT2D eigenvalue weighted by Gasteiger charge is 2.25. The van der Waals surface area contributed by atoms with E-state index in [1.54, 1.807) is 0 Å². The Morgan fingerprint density at radius 1 is 1.05 bits per heavy atom. The molecule has 0 aromatic heterocycles. The van der Waals surface area contributed by atoms with E-state index in [1.807, 2.05) is 0 Å². The van der Waals surface area contributed by atoms with Crippen LogP contribution in [0.5, 0.6) is 0 Å². The minimum Gasteiger partial charge on any atom is -0.356 e. The third kappa shape index (κ3) is 5.25. The standard InChI is InChI=1S/C16H30N2O.ClH/c1-12-6-2-3-8-14(12)11-18-16(19)10-13-7-4-5-9-15(13)17;/h12-15H,2-11,17H2,1H3,(H,18,19);1H. The lowest BCUT2D eigenvalue weighted by atomic mass is 9.80. The molecule has 20 heavy (non-hydrogen) atoms. The quantitative estimate of drug-likeness (QED) is 0.837. The van der Waals surface area contributed by atoms with Crippen LogP contribution in [-0.2, 0) is 4.79 Å². The number of hydrogen-bond donors (Lipinski definition) is 2. The smallest absolute Gasteiger partial charge is 0.220 e. The molecular weight excluding hydrogens is 272 g/mol. The summed E-state index contributed by atoms with van der Waals surface area (Å²) in [5.41, 5.74) is 6.11. The van der Waals surface area contributed by atoms with Gasteiger partial charge in [0, 0.05) is 19.0 Å². The molecule has 0 heterocycles. The van der Waals surface area contributed by atoms with Crippen molar-refractivity contribution in [2.45, 2.75) is 70.8 Å². The molecule has 3 N–H and O–H groups in total. The number of nitrogens with one attached hydrogen (secondary N) is 1. The number of carbonyl (C=O) groups excluding carboxylic acids is 1. The molecule has 4 atom stereocenters. The Balaban J connectivity index is 0.00000200. The Kier molecular flexibility index (Phi) is 7.90. The average Bonchev–Trinajstić information content (AvgIpc) is 2.40. The lowest BCUT2D eigenvalue weighted by molar-refractivity contribution is -0.122. The van der Waals surface area contributed by atoms with Gasteiger partial charge in [0.05, 0.1) is 0 Å². The molecule has 0 saturated heterocycles. The number of rotatable bonds is 4. The molecule has 0 aliphatic heterocycles. The summed E-state index contributed by atoms with van der Waals surface area (Å²) >= 11 is 0. The van der Waals surface area contributed by atoms with Crippen LogP contribution in [0.2, 0.25) is 0 Å². The normalized spacial score (nSPS) is 34.1.